The standard InChI is InChI=1S/C16H16IN3O4.C12H12IN3O3.C4H5ClO/c1-8-14(9(2)24-18-8)11-6-12(17)15(13(7-11)20(22)23)19(3)16(21)10-4-5-10;1-6-11(7(2)19-15-6)8-4-9(13)12(14-3)10(5-8)16(17)18;5-4(6)3-1-2-3/h6-7,10H,4-5H2,1-3H3;4-5,14H,1-3H3;3H,1-2H2. The number of hydrogen-bond donors (Lipinski definition) is 1. The van der Waals surface area contributed by atoms with Gasteiger partial charge in [0.2, 0.25) is 11.1 Å². The minimum absolute atomic E-state index is 0.00681. The number of nitro benzene ring substituents is 2. The molecule has 4 aromatic rings. The minimum atomic E-state index is -0.449. The number of nitro groups is 2. The summed E-state index contributed by atoms with van der Waals surface area (Å²) in [5, 5.41) is 33.2. The van der Waals surface area contributed by atoms with Gasteiger partial charge in [0.1, 0.15) is 22.9 Å². The second-order valence-electron chi connectivity index (χ2n) is 11.6. The predicted octanol–water partition coefficient (Wildman–Crippen LogP) is 8.52. The molecular formula is C32H33ClI2N6O8. The number of nitrogens with zero attached hydrogens (tertiary/aromatic N) is 5. The van der Waals surface area contributed by atoms with Crippen molar-refractivity contribution in [1.29, 1.82) is 0 Å². The van der Waals surface area contributed by atoms with Crippen LogP contribution < -0.4 is 10.2 Å². The number of aryl methyl sites for hydroxylation is 4. The van der Waals surface area contributed by atoms with Crippen molar-refractivity contribution < 1.29 is 28.5 Å². The molecule has 2 aliphatic carbocycles. The smallest absolute Gasteiger partial charge is 0.294 e. The molecule has 2 fully saturated rings. The van der Waals surface area contributed by atoms with E-state index in [1.54, 1.807) is 40.9 Å². The summed E-state index contributed by atoms with van der Waals surface area (Å²) < 4.78 is 11.7. The van der Waals surface area contributed by atoms with Crippen LogP contribution in [0.15, 0.2) is 33.3 Å². The molecular weight excluding hydrogens is 886 g/mol. The van der Waals surface area contributed by atoms with Crippen LogP contribution in [0.4, 0.5) is 22.7 Å². The maximum Gasteiger partial charge on any atom is 0.294 e. The van der Waals surface area contributed by atoms with Crippen LogP contribution in [-0.2, 0) is 9.59 Å². The molecule has 1 amide bonds. The van der Waals surface area contributed by atoms with Gasteiger partial charge in [-0.25, -0.2) is 0 Å². The van der Waals surface area contributed by atoms with Gasteiger partial charge in [0.05, 0.1) is 21.2 Å². The molecule has 0 atom stereocenters. The number of anilines is 2. The van der Waals surface area contributed by atoms with Crippen LogP contribution in [0.25, 0.3) is 22.3 Å². The molecule has 260 valence electrons. The van der Waals surface area contributed by atoms with E-state index in [-0.39, 0.29) is 34.4 Å². The fraction of sp³-hybridized carbons (Fsp3) is 0.375. The molecule has 0 unspecified atom stereocenters. The number of carbonyl (C=O) groups excluding carboxylic acids is 2. The molecule has 2 heterocycles. The summed E-state index contributed by atoms with van der Waals surface area (Å²) in [6, 6.07) is 6.74. The van der Waals surface area contributed by atoms with E-state index in [9.17, 15) is 29.8 Å². The Kier molecular flexibility index (Phi) is 12.4. The van der Waals surface area contributed by atoms with Crippen molar-refractivity contribution in [1.82, 2.24) is 10.3 Å². The molecule has 2 saturated carbocycles. The number of benzene rings is 2. The molecule has 2 aromatic carbocycles. The van der Waals surface area contributed by atoms with Gasteiger partial charge in [-0.15, -0.1) is 0 Å². The van der Waals surface area contributed by atoms with Gasteiger partial charge < -0.3 is 19.3 Å². The van der Waals surface area contributed by atoms with Gasteiger partial charge in [-0.05, 0) is 133 Å². The Bertz CT molecular complexity index is 1900. The first-order valence-electron chi connectivity index (χ1n) is 15.0. The van der Waals surface area contributed by atoms with E-state index >= 15 is 0 Å². The van der Waals surface area contributed by atoms with Gasteiger partial charge in [-0.2, -0.15) is 0 Å². The summed E-state index contributed by atoms with van der Waals surface area (Å²) in [6.45, 7) is 7.17. The zero-order valence-corrected chi connectivity index (χ0v) is 32.5. The fourth-order valence-corrected chi connectivity index (χ4v) is 7.22. The summed E-state index contributed by atoms with van der Waals surface area (Å²) in [5.41, 5.74) is 5.17. The quantitative estimate of drug-likeness (QED) is 0.0773. The molecule has 2 aromatic heterocycles. The van der Waals surface area contributed by atoms with E-state index in [1.165, 1.54) is 11.0 Å². The lowest BCUT2D eigenvalue weighted by molar-refractivity contribution is -0.384. The number of aromatic nitrogens is 2. The van der Waals surface area contributed by atoms with E-state index in [0.29, 0.717) is 37.7 Å². The summed E-state index contributed by atoms with van der Waals surface area (Å²) in [4.78, 5) is 45.6. The van der Waals surface area contributed by atoms with Crippen molar-refractivity contribution in [2.75, 3.05) is 24.3 Å². The van der Waals surface area contributed by atoms with Gasteiger partial charge in [0, 0.05) is 56.3 Å². The molecule has 0 spiro atoms. The van der Waals surface area contributed by atoms with Crippen LogP contribution >= 0.6 is 56.8 Å². The summed E-state index contributed by atoms with van der Waals surface area (Å²) in [6.07, 6.45) is 3.74. The SMILES string of the molecule is CNc1c(I)cc(-c2c(C)noc2C)cc1[N+](=O)[O-].Cc1noc(C)c1-c1cc(I)c(N(C)C(=O)C2CC2)c([N+](=O)[O-])c1.O=C(Cl)C1CC1. The topological polar surface area (TPSA) is 188 Å². The number of rotatable bonds is 8. The van der Waals surface area contributed by atoms with Gasteiger partial charge in [0.15, 0.2) is 0 Å². The van der Waals surface area contributed by atoms with Crippen LogP contribution in [0.1, 0.15) is 48.6 Å². The largest absolute Gasteiger partial charge is 0.382 e. The third-order valence-corrected chi connectivity index (χ3v) is 9.87. The number of hydrogen-bond acceptors (Lipinski definition) is 11. The van der Waals surface area contributed by atoms with E-state index in [4.69, 9.17) is 20.6 Å². The number of carbonyl (C=O) groups is 2. The first kappa shape index (κ1) is 38.2. The summed E-state index contributed by atoms with van der Waals surface area (Å²) in [5.74, 6) is 1.41. The minimum Gasteiger partial charge on any atom is -0.382 e. The number of amides is 1. The van der Waals surface area contributed by atoms with Crippen LogP contribution in [0, 0.1) is 66.9 Å². The third-order valence-electron chi connectivity index (χ3n) is 7.89. The summed E-state index contributed by atoms with van der Waals surface area (Å²) >= 11 is 9.15. The fourth-order valence-electron chi connectivity index (χ4n) is 5.14. The molecule has 17 heteroatoms. The molecule has 0 saturated heterocycles. The van der Waals surface area contributed by atoms with Crippen LogP contribution in [0.2, 0.25) is 0 Å². The zero-order valence-electron chi connectivity index (χ0n) is 27.4. The summed E-state index contributed by atoms with van der Waals surface area (Å²) in [7, 11) is 3.26. The van der Waals surface area contributed by atoms with Gasteiger partial charge in [-0.1, -0.05) is 10.3 Å². The molecule has 2 aliphatic rings. The normalized spacial score (nSPS) is 13.4. The Balaban J connectivity index is 0.000000192. The highest BCUT2D eigenvalue weighted by Crippen LogP contribution is 2.41. The number of halogens is 3. The van der Waals surface area contributed by atoms with Crippen LogP contribution in [-0.4, -0.2) is 45.4 Å². The molecule has 14 nitrogen and oxygen atoms in total. The lowest BCUT2D eigenvalue weighted by Crippen LogP contribution is -2.29. The molecule has 0 aliphatic heterocycles. The lowest BCUT2D eigenvalue weighted by atomic mass is 10.0. The van der Waals surface area contributed by atoms with E-state index in [0.717, 1.165) is 51.6 Å². The Hall–Kier alpha value is -3.65. The Morgan fingerprint density at radius 2 is 1.29 bits per heavy atom. The Labute approximate surface area is 313 Å². The van der Waals surface area contributed by atoms with Crippen molar-refractivity contribution in [3.63, 3.8) is 0 Å². The van der Waals surface area contributed by atoms with Crippen molar-refractivity contribution in [2.24, 2.45) is 11.8 Å². The van der Waals surface area contributed by atoms with Gasteiger partial charge >= 0.3 is 0 Å². The van der Waals surface area contributed by atoms with Gasteiger partial charge in [-0.3, -0.25) is 29.8 Å². The van der Waals surface area contributed by atoms with E-state index in [1.807, 2.05) is 41.6 Å². The average Bonchev–Trinajstić information content (AvgIpc) is 3.97. The average molecular weight is 919 g/mol. The first-order valence-corrected chi connectivity index (χ1v) is 17.6. The lowest BCUT2D eigenvalue weighted by Gasteiger charge is -2.19. The monoisotopic (exact) mass is 918 g/mol. The predicted molar refractivity (Wildman–Crippen MR) is 201 cm³/mol. The van der Waals surface area contributed by atoms with E-state index in [2.05, 4.69) is 38.2 Å². The van der Waals surface area contributed by atoms with Crippen molar-refractivity contribution in [3.05, 3.63) is 74.5 Å². The van der Waals surface area contributed by atoms with Crippen LogP contribution in [0.5, 0.6) is 0 Å². The highest BCUT2D eigenvalue weighted by molar-refractivity contribution is 14.1. The maximum absolute atomic E-state index is 12.3. The maximum atomic E-state index is 12.3. The molecule has 1 N–H and O–H groups in total. The van der Waals surface area contributed by atoms with Crippen molar-refractivity contribution >= 4 is 90.7 Å². The highest BCUT2D eigenvalue weighted by atomic mass is 127. The van der Waals surface area contributed by atoms with Crippen molar-refractivity contribution in [2.45, 2.75) is 53.4 Å². The Morgan fingerprint density at radius 3 is 1.63 bits per heavy atom. The second-order valence-corrected chi connectivity index (χ2v) is 14.3. The first-order chi connectivity index (χ1) is 23.1. The molecule has 0 bridgehead atoms. The Morgan fingerprint density at radius 1 is 0.837 bits per heavy atom. The van der Waals surface area contributed by atoms with Gasteiger partial charge in [0.25, 0.3) is 11.4 Å². The van der Waals surface area contributed by atoms with E-state index < -0.39 is 9.85 Å². The molecule has 0 radical (unpaired) electrons. The van der Waals surface area contributed by atoms with Crippen LogP contribution in [0.3, 0.4) is 0 Å². The molecule has 49 heavy (non-hydrogen) atoms. The third kappa shape index (κ3) is 8.94. The highest BCUT2D eigenvalue weighted by Gasteiger charge is 2.36. The molecule has 6 rings (SSSR count). The van der Waals surface area contributed by atoms with Crippen molar-refractivity contribution in [3.8, 4) is 22.3 Å². The zero-order chi connectivity index (χ0) is 36.3. The number of nitrogens with one attached hydrogen (secondary N) is 1. The second kappa shape index (κ2) is 15.9.